The molecule has 11 nitrogen and oxygen atoms in total. The standard InChI is InChI=1S/C15H13ClF3N7O4S/c1-26-14(22-24-25-26)21-13(27)9-4-5-10(30-15(17,18)19)12(11(9)16)23-31(28,29)8-3-2-6-20-7-8/h2-7,23-25H,1H3,(H,21,22,27). The van der Waals surface area contributed by atoms with Crippen molar-refractivity contribution in [2.24, 2.45) is 5.10 Å². The fraction of sp³-hybridized carbons (Fsp3) is 0.133. The molecule has 4 N–H and O–H groups in total. The summed E-state index contributed by atoms with van der Waals surface area (Å²) in [6.45, 7) is 0. The Bertz CT molecular complexity index is 1130. The predicted octanol–water partition coefficient (Wildman–Crippen LogP) is 1.39. The number of aromatic nitrogens is 1. The normalized spacial score (nSPS) is 14.0. The maximum Gasteiger partial charge on any atom is 0.573 e. The predicted molar refractivity (Wildman–Crippen MR) is 102 cm³/mol. The molecular weight excluding hydrogens is 467 g/mol. The van der Waals surface area contributed by atoms with Gasteiger partial charge in [-0.15, -0.1) is 23.8 Å². The van der Waals surface area contributed by atoms with Crippen LogP contribution in [-0.4, -0.2) is 43.7 Å². The van der Waals surface area contributed by atoms with E-state index in [0.29, 0.717) is 0 Å². The van der Waals surface area contributed by atoms with Gasteiger partial charge in [0.2, 0.25) is 5.96 Å². The number of anilines is 1. The van der Waals surface area contributed by atoms with Gasteiger partial charge in [-0.3, -0.25) is 24.8 Å². The molecule has 1 aliphatic rings. The molecule has 3 rings (SSSR count). The van der Waals surface area contributed by atoms with Gasteiger partial charge in [-0.25, -0.2) is 14.0 Å². The number of amides is 1. The number of pyridine rings is 1. The molecule has 0 fully saturated rings. The van der Waals surface area contributed by atoms with Crippen LogP contribution in [0.15, 0.2) is 46.7 Å². The Morgan fingerprint density at radius 3 is 2.61 bits per heavy atom. The van der Waals surface area contributed by atoms with E-state index in [4.69, 9.17) is 11.6 Å². The van der Waals surface area contributed by atoms with Crippen molar-refractivity contribution < 1.29 is 31.1 Å². The van der Waals surface area contributed by atoms with Gasteiger partial charge in [0.25, 0.3) is 15.9 Å². The molecule has 16 heteroatoms. The van der Waals surface area contributed by atoms with Crippen molar-refractivity contribution in [2.75, 3.05) is 11.8 Å². The lowest BCUT2D eigenvalue weighted by Crippen LogP contribution is -2.45. The van der Waals surface area contributed by atoms with E-state index in [9.17, 15) is 26.4 Å². The van der Waals surface area contributed by atoms with Crippen LogP contribution in [0.5, 0.6) is 5.75 Å². The quantitative estimate of drug-likeness (QED) is 0.505. The fourth-order valence-corrected chi connectivity index (χ4v) is 3.69. The second-order valence-electron chi connectivity index (χ2n) is 5.81. The molecular formula is C15H13ClF3N7O4S. The van der Waals surface area contributed by atoms with E-state index in [1.54, 1.807) is 0 Å². The van der Waals surface area contributed by atoms with E-state index in [1.807, 2.05) is 4.72 Å². The highest BCUT2D eigenvalue weighted by molar-refractivity contribution is 7.92. The van der Waals surface area contributed by atoms with Gasteiger partial charge in [0.15, 0.2) is 5.75 Å². The molecule has 1 aromatic heterocycles. The molecule has 31 heavy (non-hydrogen) atoms. The molecule has 0 spiro atoms. The first-order chi connectivity index (χ1) is 14.5. The fourth-order valence-electron chi connectivity index (χ4n) is 2.30. The Balaban J connectivity index is 2.01. The Morgan fingerprint density at radius 2 is 2.03 bits per heavy atom. The number of nitrogens with zero attached hydrogens (tertiary/aromatic N) is 3. The van der Waals surface area contributed by atoms with Crippen LogP contribution in [0.25, 0.3) is 0 Å². The highest BCUT2D eigenvalue weighted by atomic mass is 35.5. The summed E-state index contributed by atoms with van der Waals surface area (Å²) in [6, 6.07) is 4.18. The molecule has 0 bridgehead atoms. The van der Waals surface area contributed by atoms with Crippen molar-refractivity contribution in [3.63, 3.8) is 0 Å². The minimum atomic E-state index is -5.15. The molecule has 2 heterocycles. The number of halogens is 4. The number of carbonyl (C=O) groups is 1. The minimum Gasteiger partial charge on any atom is -0.403 e. The first-order valence-electron chi connectivity index (χ1n) is 8.12. The van der Waals surface area contributed by atoms with E-state index < -0.39 is 38.8 Å². The smallest absolute Gasteiger partial charge is 0.403 e. The third-order valence-corrected chi connectivity index (χ3v) is 5.41. The zero-order chi connectivity index (χ0) is 22.8. The van der Waals surface area contributed by atoms with E-state index in [0.717, 1.165) is 24.4 Å². The van der Waals surface area contributed by atoms with Crippen molar-refractivity contribution in [1.29, 1.82) is 0 Å². The lowest BCUT2D eigenvalue weighted by atomic mass is 10.1. The lowest BCUT2D eigenvalue weighted by Gasteiger charge is -2.18. The summed E-state index contributed by atoms with van der Waals surface area (Å²) in [4.78, 5) is 15.8. The van der Waals surface area contributed by atoms with Crippen LogP contribution in [-0.2, 0) is 10.0 Å². The molecule has 166 valence electrons. The molecule has 0 unspecified atom stereocenters. The minimum absolute atomic E-state index is 0.0224. The number of rotatable bonds is 5. The number of hydrogen-bond donors (Lipinski definition) is 4. The number of carbonyl (C=O) groups excluding carboxylic acids is 1. The molecule has 0 atom stereocenters. The van der Waals surface area contributed by atoms with E-state index in [-0.39, 0.29) is 16.4 Å². The van der Waals surface area contributed by atoms with Gasteiger partial charge in [0.1, 0.15) is 10.6 Å². The number of benzene rings is 1. The molecule has 1 amide bonds. The summed E-state index contributed by atoms with van der Waals surface area (Å²) in [7, 11) is -2.91. The number of nitrogens with one attached hydrogen (secondary N) is 4. The Kier molecular flexibility index (Phi) is 6.10. The average Bonchev–Trinajstić information content (AvgIpc) is 3.09. The summed E-state index contributed by atoms with van der Waals surface area (Å²) in [5.41, 5.74) is 3.76. The maximum absolute atomic E-state index is 12.8. The Hall–Kier alpha value is -3.30. The van der Waals surface area contributed by atoms with Gasteiger partial charge in [-0.1, -0.05) is 11.6 Å². The molecule has 1 aliphatic heterocycles. The molecule has 0 saturated carbocycles. The summed E-state index contributed by atoms with van der Waals surface area (Å²) < 4.78 is 69.4. The van der Waals surface area contributed by atoms with Gasteiger partial charge in [0.05, 0.1) is 10.6 Å². The van der Waals surface area contributed by atoms with Gasteiger partial charge < -0.3 is 4.74 Å². The SMILES string of the molecule is CN1NNN=C1NC(=O)c1ccc(OC(F)(F)F)c(NS(=O)(=O)c2cccnc2)c1Cl. The largest absolute Gasteiger partial charge is 0.573 e. The number of alkyl halides is 3. The third-order valence-electron chi connectivity index (χ3n) is 3.68. The Labute approximate surface area is 178 Å². The van der Waals surface area contributed by atoms with Gasteiger partial charge in [-0.05, 0) is 24.3 Å². The first-order valence-corrected chi connectivity index (χ1v) is 9.98. The van der Waals surface area contributed by atoms with Crippen LogP contribution in [0.3, 0.4) is 0 Å². The number of hydrazone groups is 1. The highest BCUT2D eigenvalue weighted by Crippen LogP contribution is 2.39. The van der Waals surface area contributed by atoms with Crippen LogP contribution in [0.2, 0.25) is 5.02 Å². The molecule has 2 aromatic rings. The van der Waals surface area contributed by atoms with Gasteiger partial charge in [0, 0.05) is 19.4 Å². The number of hydrazine groups is 2. The first kappa shape index (κ1) is 22.4. The van der Waals surface area contributed by atoms with Crippen molar-refractivity contribution in [2.45, 2.75) is 11.3 Å². The maximum atomic E-state index is 12.8. The van der Waals surface area contributed by atoms with Crippen LogP contribution >= 0.6 is 11.6 Å². The number of sulfonamides is 1. The summed E-state index contributed by atoms with van der Waals surface area (Å²) in [5, 5.41) is 6.73. The second-order valence-corrected chi connectivity index (χ2v) is 7.87. The molecule has 0 radical (unpaired) electrons. The molecule has 1 aromatic carbocycles. The van der Waals surface area contributed by atoms with Crippen molar-refractivity contribution in [3.05, 3.63) is 47.2 Å². The number of ether oxygens (including phenoxy) is 1. The topological polar surface area (TPSA) is 137 Å². The monoisotopic (exact) mass is 479 g/mol. The van der Waals surface area contributed by atoms with E-state index >= 15 is 0 Å². The van der Waals surface area contributed by atoms with Gasteiger partial charge in [-0.2, -0.15) is 0 Å². The highest BCUT2D eigenvalue weighted by Gasteiger charge is 2.34. The summed E-state index contributed by atoms with van der Waals surface area (Å²) >= 11 is 6.12. The van der Waals surface area contributed by atoms with Crippen LogP contribution in [0, 0.1) is 0 Å². The number of guanidine groups is 1. The third kappa shape index (κ3) is 5.25. The summed E-state index contributed by atoms with van der Waals surface area (Å²) in [5.74, 6) is -1.81. The van der Waals surface area contributed by atoms with E-state index in [2.05, 4.69) is 31.2 Å². The van der Waals surface area contributed by atoms with Crippen molar-refractivity contribution in [3.8, 4) is 5.75 Å². The second kappa shape index (κ2) is 8.44. The summed E-state index contributed by atoms with van der Waals surface area (Å²) in [6.07, 6.45) is -2.87. The lowest BCUT2D eigenvalue weighted by molar-refractivity contribution is -0.274. The van der Waals surface area contributed by atoms with Crippen LogP contribution < -0.4 is 25.8 Å². The zero-order valence-electron chi connectivity index (χ0n) is 15.4. The Morgan fingerprint density at radius 1 is 1.29 bits per heavy atom. The van der Waals surface area contributed by atoms with Crippen LogP contribution in [0.1, 0.15) is 10.4 Å². The number of hydrogen-bond acceptors (Lipinski definition) is 9. The van der Waals surface area contributed by atoms with E-state index in [1.165, 1.54) is 24.3 Å². The zero-order valence-corrected chi connectivity index (χ0v) is 16.9. The molecule has 0 aliphatic carbocycles. The van der Waals surface area contributed by atoms with Crippen molar-refractivity contribution >= 4 is 39.2 Å². The van der Waals surface area contributed by atoms with Crippen LogP contribution in [0.4, 0.5) is 18.9 Å². The van der Waals surface area contributed by atoms with Gasteiger partial charge >= 0.3 is 6.36 Å². The average molecular weight is 480 g/mol. The van der Waals surface area contributed by atoms with Crippen molar-refractivity contribution in [1.82, 2.24) is 26.4 Å². The molecule has 0 saturated heterocycles.